The summed E-state index contributed by atoms with van der Waals surface area (Å²) in [4.78, 5) is 1.60. The summed E-state index contributed by atoms with van der Waals surface area (Å²) in [5.41, 5.74) is 1.93. The highest BCUT2D eigenvalue weighted by Gasteiger charge is 1.94. The van der Waals surface area contributed by atoms with E-state index < -0.39 is 11.7 Å². The molecule has 0 aliphatic carbocycles. The van der Waals surface area contributed by atoms with Gasteiger partial charge >= 0.3 is 0 Å². The van der Waals surface area contributed by atoms with Crippen molar-refractivity contribution in [3.63, 3.8) is 0 Å². The van der Waals surface area contributed by atoms with Crippen LogP contribution in [0.3, 0.4) is 0 Å². The van der Waals surface area contributed by atoms with Gasteiger partial charge in [0.25, 0.3) is 0 Å². The van der Waals surface area contributed by atoms with Crippen molar-refractivity contribution in [2.75, 3.05) is 20.6 Å². The van der Waals surface area contributed by atoms with Crippen molar-refractivity contribution in [3.05, 3.63) is 17.4 Å². The Hall–Kier alpha value is -0.660. The van der Waals surface area contributed by atoms with Crippen LogP contribution < -0.4 is 0 Å². The zero-order chi connectivity index (χ0) is 8.15. The molecule has 0 saturated heterocycles. The number of likely N-dealkylation sites (N-methyl/N-ethyl adjacent to an activating group) is 1. The third kappa shape index (κ3) is 5.48. The van der Waals surface area contributed by atoms with Crippen LogP contribution in [0.2, 0.25) is 0 Å². The standard InChI is InChI=1S/C7H11F2N/c1-6(8)4-7(9)5-10(2)3/h5H2,1-3H3. The van der Waals surface area contributed by atoms with E-state index >= 15 is 0 Å². The normalized spacial score (nSPS) is 9.40. The first-order chi connectivity index (χ1) is 4.52. The third-order valence-corrected chi connectivity index (χ3v) is 0.763. The van der Waals surface area contributed by atoms with Crippen molar-refractivity contribution in [2.45, 2.75) is 6.92 Å². The Kier molecular flexibility index (Phi) is 3.93. The van der Waals surface area contributed by atoms with Crippen LogP contribution in [0.4, 0.5) is 8.78 Å². The van der Waals surface area contributed by atoms with Gasteiger partial charge in [-0.25, -0.2) is 8.78 Å². The van der Waals surface area contributed by atoms with Gasteiger partial charge < -0.3 is 4.90 Å². The molecule has 0 aromatic rings. The molecule has 3 heteroatoms. The van der Waals surface area contributed by atoms with Crippen molar-refractivity contribution in [1.82, 2.24) is 4.90 Å². The van der Waals surface area contributed by atoms with Crippen molar-refractivity contribution >= 4 is 0 Å². The summed E-state index contributed by atoms with van der Waals surface area (Å²) in [6.07, 6.45) is 0. The number of rotatable bonds is 2. The molecule has 0 heterocycles. The number of halogens is 2. The monoisotopic (exact) mass is 147 g/mol. The van der Waals surface area contributed by atoms with Gasteiger partial charge in [0.2, 0.25) is 0 Å². The van der Waals surface area contributed by atoms with Gasteiger partial charge in [-0.05, 0) is 21.0 Å². The zero-order valence-electron chi connectivity index (χ0n) is 6.41. The van der Waals surface area contributed by atoms with Crippen molar-refractivity contribution < 1.29 is 8.78 Å². The van der Waals surface area contributed by atoms with E-state index in [-0.39, 0.29) is 6.54 Å². The van der Waals surface area contributed by atoms with Gasteiger partial charge in [0.05, 0.1) is 6.54 Å². The molecule has 0 spiro atoms. The van der Waals surface area contributed by atoms with Crippen molar-refractivity contribution in [2.24, 2.45) is 0 Å². The van der Waals surface area contributed by atoms with Gasteiger partial charge in [-0.3, -0.25) is 0 Å². The Bertz CT molecular complexity index is 162. The lowest BCUT2D eigenvalue weighted by Crippen LogP contribution is -2.12. The predicted octanol–water partition coefficient (Wildman–Crippen LogP) is 1.87. The summed E-state index contributed by atoms with van der Waals surface area (Å²) in [5, 5.41) is 0. The first kappa shape index (κ1) is 9.34. The number of hydrogen-bond donors (Lipinski definition) is 0. The Morgan fingerprint density at radius 3 is 2.20 bits per heavy atom. The lowest BCUT2D eigenvalue weighted by Gasteiger charge is -2.04. The van der Waals surface area contributed by atoms with Gasteiger partial charge in [-0.1, -0.05) is 5.73 Å². The van der Waals surface area contributed by atoms with E-state index in [1.807, 2.05) is 5.73 Å². The molecule has 0 fully saturated rings. The van der Waals surface area contributed by atoms with Crippen LogP contribution in [-0.2, 0) is 0 Å². The van der Waals surface area contributed by atoms with Crippen LogP contribution >= 0.6 is 0 Å². The molecule has 0 rings (SSSR count). The molecular weight excluding hydrogens is 136 g/mol. The van der Waals surface area contributed by atoms with E-state index in [0.29, 0.717) is 0 Å². The quantitative estimate of drug-likeness (QED) is 0.539. The van der Waals surface area contributed by atoms with E-state index in [0.717, 1.165) is 6.92 Å². The Balaban J connectivity index is 4.09. The maximum atomic E-state index is 12.4. The summed E-state index contributed by atoms with van der Waals surface area (Å²) in [6, 6.07) is 0. The fourth-order valence-corrected chi connectivity index (χ4v) is 0.504. The van der Waals surface area contributed by atoms with E-state index in [1.54, 1.807) is 19.0 Å². The second kappa shape index (κ2) is 4.20. The molecule has 0 unspecified atom stereocenters. The maximum Gasteiger partial charge on any atom is 0.158 e. The molecule has 10 heavy (non-hydrogen) atoms. The van der Waals surface area contributed by atoms with Crippen molar-refractivity contribution in [1.29, 1.82) is 0 Å². The highest BCUT2D eigenvalue weighted by atomic mass is 19.1. The summed E-state index contributed by atoms with van der Waals surface area (Å²) < 4.78 is 24.3. The number of nitrogens with zero attached hydrogens (tertiary/aromatic N) is 1. The Morgan fingerprint density at radius 2 is 1.90 bits per heavy atom. The van der Waals surface area contributed by atoms with Crippen LogP contribution in [0.1, 0.15) is 6.92 Å². The molecule has 1 nitrogen and oxygen atoms in total. The minimum absolute atomic E-state index is 0.0985. The average Bonchev–Trinajstić information content (AvgIpc) is 1.58. The van der Waals surface area contributed by atoms with E-state index in [9.17, 15) is 8.78 Å². The van der Waals surface area contributed by atoms with Gasteiger partial charge in [0.15, 0.2) is 5.83 Å². The molecule has 0 saturated carbocycles. The second-order valence-corrected chi connectivity index (χ2v) is 2.30. The maximum absolute atomic E-state index is 12.4. The summed E-state index contributed by atoms with van der Waals surface area (Å²) in [5.74, 6) is -1.20. The molecular formula is C7H11F2N. The topological polar surface area (TPSA) is 3.24 Å². The van der Waals surface area contributed by atoms with Crippen LogP contribution in [0.25, 0.3) is 0 Å². The molecule has 0 atom stereocenters. The van der Waals surface area contributed by atoms with Crippen LogP contribution in [0, 0.1) is 0 Å². The fourth-order valence-electron chi connectivity index (χ4n) is 0.504. The minimum atomic E-state index is -0.626. The minimum Gasteiger partial charge on any atom is -0.302 e. The molecule has 0 aromatic carbocycles. The van der Waals surface area contributed by atoms with Gasteiger partial charge in [0.1, 0.15) is 5.83 Å². The van der Waals surface area contributed by atoms with E-state index in [2.05, 4.69) is 0 Å². The summed E-state index contributed by atoms with van der Waals surface area (Å²) in [6.45, 7) is 1.26. The smallest absolute Gasteiger partial charge is 0.158 e. The average molecular weight is 147 g/mol. The van der Waals surface area contributed by atoms with Gasteiger partial charge in [0, 0.05) is 0 Å². The molecule has 0 N–H and O–H groups in total. The molecule has 0 radical (unpaired) electrons. The lowest BCUT2D eigenvalue weighted by atomic mass is 10.5. The van der Waals surface area contributed by atoms with Crippen LogP contribution in [-0.4, -0.2) is 25.5 Å². The molecule has 0 bridgehead atoms. The first-order valence-electron chi connectivity index (χ1n) is 2.94. The highest BCUT2D eigenvalue weighted by molar-refractivity contribution is 4.96. The van der Waals surface area contributed by atoms with E-state index in [4.69, 9.17) is 0 Å². The first-order valence-corrected chi connectivity index (χ1v) is 2.94. The molecule has 0 amide bonds. The number of hydrogen-bond acceptors (Lipinski definition) is 1. The molecule has 58 valence electrons. The second-order valence-electron chi connectivity index (χ2n) is 2.30. The van der Waals surface area contributed by atoms with Crippen molar-refractivity contribution in [3.8, 4) is 0 Å². The summed E-state index contributed by atoms with van der Waals surface area (Å²) in [7, 11) is 3.41. The van der Waals surface area contributed by atoms with Gasteiger partial charge in [-0.2, -0.15) is 0 Å². The van der Waals surface area contributed by atoms with Crippen LogP contribution in [0.5, 0.6) is 0 Å². The Morgan fingerprint density at radius 1 is 1.40 bits per heavy atom. The fraction of sp³-hybridized carbons (Fsp3) is 0.571. The largest absolute Gasteiger partial charge is 0.302 e. The lowest BCUT2D eigenvalue weighted by molar-refractivity contribution is 0.400. The zero-order valence-corrected chi connectivity index (χ0v) is 6.41. The molecule has 0 aliphatic heterocycles. The van der Waals surface area contributed by atoms with Gasteiger partial charge in [-0.15, -0.1) is 0 Å². The molecule has 0 aromatic heterocycles. The molecule has 0 aliphatic rings. The highest BCUT2D eigenvalue weighted by Crippen LogP contribution is 1.98. The third-order valence-electron chi connectivity index (χ3n) is 0.763. The Labute approximate surface area is 59.6 Å². The summed E-state index contributed by atoms with van der Waals surface area (Å²) >= 11 is 0. The van der Waals surface area contributed by atoms with Crippen LogP contribution in [0.15, 0.2) is 17.4 Å². The van der Waals surface area contributed by atoms with E-state index in [1.165, 1.54) is 0 Å². The SMILES string of the molecule is CC(F)=C=C(F)CN(C)C. The predicted molar refractivity (Wildman–Crippen MR) is 37.0 cm³/mol.